The van der Waals surface area contributed by atoms with Gasteiger partial charge < -0.3 is 11.1 Å². The van der Waals surface area contributed by atoms with Crippen LogP contribution in [0.2, 0.25) is 5.02 Å². The van der Waals surface area contributed by atoms with E-state index in [1.54, 1.807) is 0 Å². The number of nitrogens with one attached hydrogen (secondary N) is 1. The third-order valence-corrected chi connectivity index (χ3v) is 2.47. The van der Waals surface area contributed by atoms with E-state index in [1.165, 1.54) is 5.56 Å². The van der Waals surface area contributed by atoms with E-state index < -0.39 is 0 Å². The van der Waals surface area contributed by atoms with Gasteiger partial charge in [0.25, 0.3) is 0 Å². The Kier molecular flexibility index (Phi) is 9.18. The van der Waals surface area contributed by atoms with Crippen molar-refractivity contribution in [1.29, 1.82) is 0 Å². The van der Waals surface area contributed by atoms with Gasteiger partial charge in [-0.2, -0.15) is 0 Å². The number of rotatable bonds is 5. The van der Waals surface area contributed by atoms with Gasteiger partial charge in [0, 0.05) is 18.1 Å². The van der Waals surface area contributed by atoms with E-state index in [0.29, 0.717) is 11.9 Å². The van der Waals surface area contributed by atoms with E-state index in [1.807, 2.05) is 18.2 Å². The Morgan fingerprint density at radius 1 is 1.44 bits per heavy atom. The Bertz CT molecular complexity index is 380. The first-order chi connectivity index (χ1) is 8.08. The molecule has 0 aliphatic heterocycles. The summed E-state index contributed by atoms with van der Waals surface area (Å²) in [6.07, 6.45) is 0.887. The number of aliphatic imine (C=N–C) groups is 1. The lowest BCUT2D eigenvalue weighted by Gasteiger charge is -2.07. The van der Waals surface area contributed by atoms with E-state index in [4.69, 9.17) is 17.3 Å². The molecule has 102 valence electrons. The van der Waals surface area contributed by atoms with Gasteiger partial charge in [0.05, 0.1) is 0 Å². The normalized spacial score (nSPS) is 11.2. The second kappa shape index (κ2) is 9.44. The van der Waals surface area contributed by atoms with E-state index in [0.717, 1.165) is 24.5 Å². The summed E-state index contributed by atoms with van der Waals surface area (Å²) in [6.45, 7) is 5.76. The summed E-state index contributed by atoms with van der Waals surface area (Å²) >= 11 is 5.90. The van der Waals surface area contributed by atoms with Gasteiger partial charge >= 0.3 is 0 Å². The number of hydrogen-bond acceptors (Lipinski definition) is 1. The maximum absolute atomic E-state index is 5.90. The minimum Gasteiger partial charge on any atom is -0.370 e. The fourth-order valence-electron chi connectivity index (χ4n) is 1.36. The largest absolute Gasteiger partial charge is 0.370 e. The average molecular weight is 382 g/mol. The first kappa shape index (κ1) is 17.5. The molecule has 0 aliphatic rings. The van der Waals surface area contributed by atoms with Crippen molar-refractivity contribution in [2.75, 3.05) is 13.1 Å². The molecule has 1 aromatic rings. The molecule has 0 aromatic heterocycles. The van der Waals surface area contributed by atoms with Crippen LogP contribution in [-0.2, 0) is 6.42 Å². The highest BCUT2D eigenvalue weighted by Crippen LogP contribution is 2.10. The molecule has 0 saturated heterocycles. The lowest BCUT2D eigenvalue weighted by Crippen LogP contribution is -2.33. The van der Waals surface area contributed by atoms with Gasteiger partial charge in [-0.1, -0.05) is 37.6 Å². The molecule has 1 aromatic carbocycles. The number of benzene rings is 1. The molecule has 0 fully saturated rings. The Labute approximate surface area is 131 Å². The fourth-order valence-corrected chi connectivity index (χ4v) is 1.58. The van der Waals surface area contributed by atoms with E-state index in [2.05, 4.69) is 30.2 Å². The van der Waals surface area contributed by atoms with Crippen LogP contribution < -0.4 is 11.1 Å². The summed E-state index contributed by atoms with van der Waals surface area (Å²) in [5, 5.41) is 3.86. The first-order valence-electron chi connectivity index (χ1n) is 5.86. The predicted octanol–water partition coefficient (Wildman–Crippen LogP) is 3.06. The van der Waals surface area contributed by atoms with E-state index in [9.17, 15) is 0 Å². The van der Waals surface area contributed by atoms with Gasteiger partial charge in [0.15, 0.2) is 5.96 Å². The van der Waals surface area contributed by atoms with Crippen molar-refractivity contribution >= 4 is 41.5 Å². The number of guanidine groups is 1. The van der Waals surface area contributed by atoms with Crippen molar-refractivity contribution in [2.24, 2.45) is 16.6 Å². The maximum Gasteiger partial charge on any atom is 0.188 e. The van der Waals surface area contributed by atoms with Gasteiger partial charge in [-0.05, 0) is 30.0 Å². The predicted molar refractivity (Wildman–Crippen MR) is 89.9 cm³/mol. The number of nitrogens with two attached hydrogens (primary N) is 1. The monoisotopic (exact) mass is 381 g/mol. The molecule has 0 amide bonds. The molecule has 0 atom stereocenters. The van der Waals surface area contributed by atoms with Crippen LogP contribution in [0.15, 0.2) is 29.3 Å². The third kappa shape index (κ3) is 7.76. The van der Waals surface area contributed by atoms with Gasteiger partial charge in [-0.3, -0.25) is 4.99 Å². The number of halogens is 2. The number of nitrogens with zero attached hydrogens (tertiary/aromatic N) is 1. The zero-order valence-corrected chi connectivity index (χ0v) is 13.9. The highest BCUT2D eigenvalue weighted by molar-refractivity contribution is 14.0. The molecular weight excluding hydrogens is 361 g/mol. The number of hydrogen-bond donors (Lipinski definition) is 2. The maximum atomic E-state index is 5.90. The Balaban J connectivity index is 0.00000289. The Morgan fingerprint density at radius 2 is 2.17 bits per heavy atom. The Morgan fingerprint density at radius 3 is 2.78 bits per heavy atom. The topological polar surface area (TPSA) is 50.4 Å². The summed E-state index contributed by atoms with van der Waals surface area (Å²) in [6, 6.07) is 7.84. The van der Waals surface area contributed by atoms with Crippen molar-refractivity contribution in [2.45, 2.75) is 20.3 Å². The molecule has 0 unspecified atom stereocenters. The summed E-state index contributed by atoms with van der Waals surface area (Å²) in [5.41, 5.74) is 6.92. The second-order valence-electron chi connectivity index (χ2n) is 4.43. The quantitative estimate of drug-likeness (QED) is 0.468. The zero-order valence-electron chi connectivity index (χ0n) is 10.8. The lowest BCUT2D eigenvalue weighted by molar-refractivity contribution is 0.661. The third-order valence-electron chi connectivity index (χ3n) is 2.24. The Hall–Kier alpha value is -0.490. The molecule has 5 heteroatoms. The lowest BCUT2D eigenvalue weighted by atomic mass is 10.1. The standard InChI is InChI=1S/C13H20ClN3.HI/c1-10(2)9-17-13(15)16-7-6-11-4-3-5-12(14)8-11;/h3-5,8,10H,6-7,9H2,1-2H3,(H3,15,16,17);1H. The minimum atomic E-state index is 0. The molecule has 0 bridgehead atoms. The van der Waals surface area contributed by atoms with E-state index >= 15 is 0 Å². The molecule has 0 saturated carbocycles. The van der Waals surface area contributed by atoms with Crippen molar-refractivity contribution in [1.82, 2.24) is 5.32 Å². The van der Waals surface area contributed by atoms with Crippen LogP contribution in [0, 0.1) is 5.92 Å². The van der Waals surface area contributed by atoms with Crippen LogP contribution in [0.5, 0.6) is 0 Å². The van der Waals surface area contributed by atoms with Crippen LogP contribution >= 0.6 is 35.6 Å². The van der Waals surface area contributed by atoms with Gasteiger partial charge in [0.2, 0.25) is 0 Å². The molecule has 0 aliphatic carbocycles. The van der Waals surface area contributed by atoms with Crippen LogP contribution in [0.1, 0.15) is 19.4 Å². The smallest absolute Gasteiger partial charge is 0.188 e. The van der Waals surface area contributed by atoms with Gasteiger partial charge in [-0.25, -0.2) is 0 Å². The van der Waals surface area contributed by atoms with Crippen molar-refractivity contribution in [3.8, 4) is 0 Å². The fraction of sp³-hybridized carbons (Fsp3) is 0.462. The van der Waals surface area contributed by atoms with E-state index in [-0.39, 0.29) is 24.0 Å². The van der Waals surface area contributed by atoms with Gasteiger partial charge in [-0.15, -0.1) is 24.0 Å². The van der Waals surface area contributed by atoms with Crippen LogP contribution in [0.25, 0.3) is 0 Å². The van der Waals surface area contributed by atoms with Crippen LogP contribution in [-0.4, -0.2) is 19.0 Å². The van der Waals surface area contributed by atoms with Crippen LogP contribution in [0.4, 0.5) is 0 Å². The SMILES string of the molecule is CC(C)CN=C(N)NCCc1cccc(Cl)c1.I. The van der Waals surface area contributed by atoms with Gasteiger partial charge in [0.1, 0.15) is 0 Å². The molecule has 3 N–H and O–H groups in total. The summed E-state index contributed by atoms with van der Waals surface area (Å²) in [7, 11) is 0. The zero-order chi connectivity index (χ0) is 12.7. The molecule has 3 nitrogen and oxygen atoms in total. The molecular formula is C13H21ClIN3. The summed E-state index contributed by atoms with van der Waals surface area (Å²) < 4.78 is 0. The average Bonchev–Trinajstić information content (AvgIpc) is 2.26. The second-order valence-corrected chi connectivity index (χ2v) is 4.86. The first-order valence-corrected chi connectivity index (χ1v) is 6.24. The summed E-state index contributed by atoms with van der Waals surface area (Å²) in [4.78, 5) is 4.23. The van der Waals surface area contributed by atoms with Crippen molar-refractivity contribution in [3.63, 3.8) is 0 Å². The molecule has 0 heterocycles. The summed E-state index contributed by atoms with van der Waals surface area (Å²) in [5.74, 6) is 1.05. The molecule has 1 rings (SSSR count). The highest BCUT2D eigenvalue weighted by Gasteiger charge is 1.96. The van der Waals surface area contributed by atoms with Crippen molar-refractivity contribution in [3.05, 3.63) is 34.9 Å². The van der Waals surface area contributed by atoms with Crippen LogP contribution in [0.3, 0.4) is 0 Å². The molecule has 18 heavy (non-hydrogen) atoms. The highest BCUT2D eigenvalue weighted by atomic mass is 127. The molecule has 0 spiro atoms. The molecule has 0 radical (unpaired) electrons. The van der Waals surface area contributed by atoms with Crippen molar-refractivity contribution < 1.29 is 0 Å². The minimum absolute atomic E-state index is 0.